The second-order valence-corrected chi connectivity index (χ2v) is 10.4. The van der Waals surface area contributed by atoms with Crippen molar-refractivity contribution < 1.29 is 33.4 Å². The van der Waals surface area contributed by atoms with Gasteiger partial charge in [-0.1, -0.05) is 17.3 Å². The van der Waals surface area contributed by atoms with Gasteiger partial charge in [0.1, 0.15) is 17.7 Å². The highest BCUT2D eigenvalue weighted by molar-refractivity contribution is 5.94. The minimum Gasteiger partial charge on any atom is -0.444 e. The number of nitrogens with zero attached hydrogens (tertiary/aromatic N) is 6. The molecule has 0 bridgehead atoms. The molecule has 0 radical (unpaired) electrons. The molecule has 5 rings (SSSR count). The number of aromatic nitrogens is 3. The quantitative estimate of drug-likeness (QED) is 0.358. The molecule has 2 aromatic carbocycles. The summed E-state index contributed by atoms with van der Waals surface area (Å²) in [6.45, 7) is 2.88. The Bertz CT molecular complexity index is 1500. The Hall–Kier alpha value is -4.85. The molecule has 3 heterocycles. The molecule has 2 N–H and O–H groups in total. The number of aliphatic hydroxyl groups is 1. The Morgan fingerprint density at radius 1 is 1.07 bits per heavy atom. The summed E-state index contributed by atoms with van der Waals surface area (Å²) in [5, 5.41) is 19.6. The van der Waals surface area contributed by atoms with E-state index in [9.17, 15) is 24.3 Å². The standard InChI is InChI=1S/C29H32FN7O6/c1-19(39)2-8-23-16-36(29(42)43-23)22-7-9-26(24(30)14-22)34-10-12-35(13-11-34)27(40)15-31-28(41)25-17-37(33-32-25)21-5-3-20(18-38)4-6-21/h3-7,9,14,17,23,38H,2,8,10-13,15-16,18H2,1H3,(H,31,41)/t23-/m0/s1. The van der Waals surface area contributed by atoms with Gasteiger partial charge in [0.05, 0.1) is 43.0 Å². The van der Waals surface area contributed by atoms with Crippen molar-refractivity contribution >= 4 is 35.1 Å². The fourth-order valence-electron chi connectivity index (χ4n) is 4.97. The number of anilines is 2. The molecule has 2 aliphatic heterocycles. The van der Waals surface area contributed by atoms with Crippen LogP contribution in [-0.4, -0.2) is 94.1 Å². The van der Waals surface area contributed by atoms with Crippen LogP contribution in [0, 0.1) is 5.82 Å². The van der Waals surface area contributed by atoms with E-state index < -0.39 is 23.9 Å². The van der Waals surface area contributed by atoms with Gasteiger partial charge in [-0.25, -0.2) is 13.9 Å². The number of amides is 3. The van der Waals surface area contributed by atoms with E-state index in [4.69, 9.17) is 4.74 Å². The minimum atomic E-state index is -0.571. The van der Waals surface area contributed by atoms with Crippen molar-refractivity contribution in [1.29, 1.82) is 0 Å². The lowest BCUT2D eigenvalue weighted by atomic mass is 10.1. The monoisotopic (exact) mass is 593 g/mol. The molecule has 13 nitrogen and oxygen atoms in total. The van der Waals surface area contributed by atoms with Crippen LogP contribution in [0.1, 0.15) is 35.8 Å². The van der Waals surface area contributed by atoms with E-state index in [1.54, 1.807) is 41.3 Å². The molecule has 0 unspecified atom stereocenters. The third kappa shape index (κ3) is 6.97. The number of benzene rings is 2. The molecule has 0 aliphatic carbocycles. The smallest absolute Gasteiger partial charge is 0.414 e. The number of piperazine rings is 1. The maximum absolute atomic E-state index is 15.1. The molecular weight excluding hydrogens is 561 g/mol. The van der Waals surface area contributed by atoms with E-state index in [2.05, 4.69) is 15.6 Å². The van der Waals surface area contributed by atoms with Crippen LogP contribution in [0.25, 0.3) is 5.69 Å². The van der Waals surface area contributed by atoms with Crippen molar-refractivity contribution in [3.8, 4) is 5.69 Å². The molecule has 43 heavy (non-hydrogen) atoms. The highest BCUT2D eigenvalue weighted by Crippen LogP contribution is 2.29. The number of rotatable bonds is 10. The largest absolute Gasteiger partial charge is 0.444 e. The normalized spacial score (nSPS) is 16.8. The van der Waals surface area contributed by atoms with Gasteiger partial charge in [-0.05, 0) is 49.2 Å². The van der Waals surface area contributed by atoms with Crippen molar-refractivity contribution in [2.75, 3.05) is 49.1 Å². The Morgan fingerprint density at radius 3 is 2.47 bits per heavy atom. The highest BCUT2D eigenvalue weighted by atomic mass is 19.1. The molecule has 0 spiro atoms. The van der Waals surface area contributed by atoms with E-state index in [1.807, 2.05) is 4.90 Å². The first-order valence-electron chi connectivity index (χ1n) is 13.9. The molecule has 0 saturated carbocycles. The Balaban J connectivity index is 1.10. The van der Waals surface area contributed by atoms with Crippen molar-refractivity contribution in [3.63, 3.8) is 0 Å². The molecule has 1 aromatic heterocycles. The van der Waals surface area contributed by atoms with Crippen LogP contribution in [-0.2, 0) is 20.9 Å². The summed E-state index contributed by atoms with van der Waals surface area (Å²) >= 11 is 0. The number of aliphatic hydroxyl groups excluding tert-OH is 1. The zero-order valence-corrected chi connectivity index (χ0v) is 23.6. The summed E-state index contributed by atoms with van der Waals surface area (Å²) in [5.41, 5.74) is 2.19. The van der Waals surface area contributed by atoms with Crippen molar-refractivity contribution in [2.24, 2.45) is 0 Å². The van der Waals surface area contributed by atoms with Crippen LogP contribution in [0.3, 0.4) is 0 Å². The molecule has 14 heteroatoms. The first-order valence-corrected chi connectivity index (χ1v) is 13.9. The number of carbonyl (C=O) groups is 4. The van der Waals surface area contributed by atoms with Crippen LogP contribution < -0.4 is 15.1 Å². The van der Waals surface area contributed by atoms with Gasteiger partial charge in [-0.3, -0.25) is 14.5 Å². The summed E-state index contributed by atoms with van der Waals surface area (Å²) in [7, 11) is 0. The van der Waals surface area contributed by atoms with E-state index in [-0.39, 0.29) is 37.1 Å². The molecule has 2 fully saturated rings. The van der Waals surface area contributed by atoms with Crippen molar-refractivity contribution in [3.05, 3.63) is 65.7 Å². The SMILES string of the molecule is CC(=O)CC[C@H]1CN(c2ccc(N3CCN(C(=O)CNC(=O)c4cn(-c5ccc(CO)cc5)nn4)CC3)c(F)c2)C(=O)O1. The lowest BCUT2D eigenvalue weighted by Gasteiger charge is -2.36. The Morgan fingerprint density at radius 2 is 1.79 bits per heavy atom. The lowest BCUT2D eigenvalue weighted by Crippen LogP contribution is -2.51. The van der Waals surface area contributed by atoms with Crippen LogP contribution >= 0.6 is 0 Å². The molecule has 1 atom stereocenters. The second-order valence-electron chi connectivity index (χ2n) is 10.4. The van der Waals surface area contributed by atoms with Crippen molar-refractivity contribution in [2.45, 2.75) is 32.5 Å². The van der Waals surface area contributed by atoms with Gasteiger partial charge in [0, 0.05) is 32.6 Å². The topological polar surface area (TPSA) is 150 Å². The third-order valence-electron chi connectivity index (χ3n) is 7.42. The number of hydrogen-bond donors (Lipinski definition) is 2. The van der Waals surface area contributed by atoms with Gasteiger partial charge in [0.25, 0.3) is 5.91 Å². The van der Waals surface area contributed by atoms with Crippen LogP contribution in [0.2, 0.25) is 0 Å². The molecule has 3 amide bonds. The summed E-state index contributed by atoms with van der Waals surface area (Å²) in [5.74, 6) is -1.30. The predicted octanol–water partition coefficient (Wildman–Crippen LogP) is 1.67. The van der Waals surface area contributed by atoms with E-state index in [0.29, 0.717) is 56.1 Å². The molecule has 2 saturated heterocycles. The zero-order chi connectivity index (χ0) is 30.5. The fourth-order valence-corrected chi connectivity index (χ4v) is 4.97. The maximum atomic E-state index is 15.1. The average Bonchev–Trinajstić information content (AvgIpc) is 3.66. The number of nitrogens with one attached hydrogen (secondary N) is 1. The summed E-state index contributed by atoms with van der Waals surface area (Å²) in [6.07, 6.45) is 1.20. The van der Waals surface area contributed by atoms with Gasteiger partial charge in [0.2, 0.25) is 5.91 Å². The number of Topliss-reactive ketones (excluding diaryl/α,β-unsaturated/α-hetero) is 1. The van der Waals surface area contributed by atoms with Gasteiger partial charge in [-0.15, -0.1) is 5.10 Å². The van der Waals surface area contributed by atoms with Crippen LogP contribution in [0.4, 0.5) is 20.6 Å². The van der Waals surface area contributed by atoms with Gasteiger partial charge in [0.15, 0.2) is 5.69 Å². The first kappa shape index (κ1) is 29.6. The second kappa shape index (κ2) is 13.0. The first-order chi connectivity index (χ1) is 20.7. The lowest BCUT2D eigenvalue weighted by molar-refractivity contribution is -0.130. The van der Waals surface area contributed by atoms with E-state index in [0.717, 1.165) is 5.56 Å². The van der Waals surface area contributed by atoms with Gasteiger partial charge in [-0.2, -0.15) is 0 Å². The highest BCUT2D eigenvalue weighted by Gasteiger charge is 2.33. The average molecular weight is 594 g/mol. The molecular formula is C29H32FN7O6. The van der Waals surface area contributed by atoms with E-state index in [1.165, 1.54) is 28.8 Å². The summed E-state index contributed by atoms with van der Waals surface area (Å²) < 4.78 is 21.9. The Labute approximate surface area is 246 Å². The zero-order valence-electron chi connectivity index (χ0n) is 23.6. The Kier molecular flexibility index (Phi) is 8.95. The number of halogens is 1. The van der Waals surface area contributed by atoms with Gasteiger partial charge < -0.3 is 29.8 Å². The van der Waals surface area contributed by atoms with Crippen LogP contribution in [0.5, 0.6) is 0 Å². The van der Waals surface area contributed by atoms with Crippen LogP contribution in [0.15, 0.2) is 48.7 Å². The number of cyclic esters (lactones) is 1. The molecule has 226 valence electrons. The number of hydrogen-bond acceptors (Lipinski definition) is 9. The third-order valence-corrected chi connectivity index (χ3v) is 7.42. The number of carbonyl (C=O) groups excluding carboxylic acids is 4. The maximum Gasteiger partial charge on any atom is 0.414 e. The van der Waals surface area contributed by atoms with E-state index >= 15 is 4.39 Å². The minimum absolute atomic E-state index is 0.0143. The molecule has 3 aromatic rings. The number of ether oxygens (including phenoxy) is 1. The molecule has 2 aliphatic rings. The number of ketones is 1. The summed E-state index contributed by atoms with van der Waals surface area (Å²) in [6, 6.07) is 11.5. The van der Waals surface area contributed by atoms with Crippen molar-refractivity contribution in [1.82, 2.24) is 25.2 Å². The predicted molar refractivity (Wildman–Crippen MR) is 152 cm³/mol. The summed E-state index contributed by atoms with van der Waals surface area (Å²) in [4.78, 5) is 53.6. The fraction of sp³-hybridized carbons (Fsp3) is 0.379. The van der Waals surface area contributed by atoms with Gasteiger partial charge >= 0.3 is 6.09 Å².